The molecule has 0 aliphatic carbocycles. The minimum absolute atomic E-state index is 0.00696. The topological polar surface area (TPSA) is 89.9 Å². The fourth-order valence-electron chi connectivity index (χ4n) is 2.33. The molecule has 0 amide bonds. The first-order valence-corrected chi connectivity index (χ1v) is 7.96. The summed E-state index contributed by atoms with van der Waals surface area (Å²) in [4.78, 5) is 36.1. The highest BCUT2D eigenvalue weighted by molar-refractivity contribution is 6.05. The van der Waals surface area contributed by atoms with Crippen LogP contribution >= 0.6 is 0 Å². The van der Waals surface area contributed by atoms with Gasteiger partial charge in [-0.25, -0.2) is 14.4 Å². The molecule has 0 heterocycles. The molecule has 134 valence electrons. The number of hydrogen-bond acceptors (Lipinski definition) is 5. The summed E-state index contributed by atoms with van der Waals surface area (Å²) in [6, 6.07) is 20.3. The lowest BCUT2D eigenvalue weighted by Crippen LogP contribution is -2.16. The maximum absolute atomic E-state index is 12.3. The molecule has 0 aromatic heterocycles. The Morgan fingerprint density at radius 3 is 1.67 bits per heavy atom. The van der Waals surface area contributed by atoms with Gasteiger partial charge in [-0.1, -0.05) is 36.4 Å². The van der Waals surface area contributed by atoms with Gasteiger partial charge < -0.3 is 14.6 Å². The Morgan fingerprint density at radius 2 is 1.15 bits per heavy atom. The second-order valence-electron chi connectivity index (χ2n) is 5.47. The lowest BCUT2D eigenvalue weighted by Gasteiger charge is -2.09. The SMILES string of the molecule is O=C(Oc1ccccc1)c1ccc(C(=O)Oc2ccccc2)c(C(=O)O)c1. The molecule has 3 aromatic carbocycles. The molecule has 0 atom stereocenters. The summed E-state index contributed by atoms with van der Waals surface area (Å²) in [6.45, 7) is 0. The highest BCUT2D eigenvalue weighted by Crippen LogP contribution is 2.18. The molecule has 0 spiro atoms. The molecule has 6 heteroatoms. The summed E-state index contributed by atoms with van der Waals surface area (Å²) in [5.41, 5.74) is -0.506. The summed E-state index contributed by atoms with van der Waals surface area (Å²) in [5, 5.41) is 9.42. The van der Waals surface area contributed by atoms with E-state index in [9.17, 15) is 19.5 Å². The van der Waals surface area contributed by atoms with Crippen molar-refractivity contribution >= 4 is 17.9 Å². The van der Waals surface area contributed by atoms with Crippen LogP contribution in [0.1, 0.15) is 31.1 Å². The Balaban J connectivity index is 1.85. The molecule has 3 aromatic rings. The third-order valence-electron chi connectivity index (χ3n) is 3.61. The van der Waals surface area contributed by atoms with Crippen molar-refractivity contribution in [3.8, 4) is 11.5 Å². The van der Waals surface area contributed by atoms with Gasteiger partial charge in [-0.3, -0.25) is 0 Å². The number of para-hydroxylation sites is 2. The Morgan fingerprint density at radius 1 is 0.630 bits per heavy atom. The first-order valence-electron chi connectivity index (χ1n) is 7.96. The van der Waals surface area contributed by atoms with Gasteiger partial charge >= 0.3 is 17.9 Å². The number of carbonyl (C=O) groups is 3. The van der Waals surface area contributed by atoms with Gasteiger partial charge in [0, 0.05) is 0 Å². The average molecular weight is 362 g/mol. The Labute approximate surface area is 154 Å². The predicted octanol–water partition coefficient (Wildman–Crippen LogP) is 3.82. The molecule has 3 rings (SSSR count). The second kappa shape index (κ2) is 7.97. The normalized spacial score (nSPS) is 10.1. The van der Waals surface area contributed by atoms with Crippen molar-refractivity contribution in [1.82, 2.24) is 0 Å². The van der Waals surface area contributed by atoms with Crippen LogP contribution in [-0.4, -0.2) is 23.0 Å². The lowest BCUT2D eigenvalue weighted by atomic mass is 10.0. The van der Waals surface area contributed by atoms with Crippen molar-refractivity contribution in [3.05, 3.63) is 95.6 Å². The monoisotopic (exact) mass is 362 g/mol. The molecule has 0 aliphatic heterocycles. The number of carboxylic acids is 1. The lowest BCUT2D eigenvalue weighted by molar-refractivity contribution is 0.0667. The summed E-state index contributed by atoms with van der Waals surface area (Å²) in [7, 11) is 0. The van der Waals surface area contributed by atoms with Crippen molar-refractivity contribution in [2.75, 3.05) is 0 Å². The molecule has 27 heavy (non-hydrogen) atoms. The van der Waals surface area contributed by atoms with Crippen molar-refractivity contribution in [3.63, 3.8) is 0 Å². The smallest absolute Gasteiger partial charge is 0.344 e. The fourth-order valence-corrected chi connectivity index (χ4v) is 2.33. The highest BCUT2D eigenvalue weighted by atomic mass is 16.5. The van der Waals surface area contributed by atoms with Crippen molar-refractivity contribution in [1.29, 1.82) is 0 Å². The van der Waals surface area contributed by atoms with E-state index >= 15 is 0 Å². The molecule has 0 bridgehead atoms. The number of carboxylic acid groups (broad SMARTS) is 1. The van der Waals surface area contributed by atoms with E-state index in [0.29, 0.717) is 5.75 Å². The molecule has 0 radical (unpaired) electrons. The van der Waals surface area contributed by atoms with Gasteiger partial charge in [0.25, 0.3) is 0 Å². The van der Waals surface area contributed by atoms with Crippen LogP contribution in [0.15, 0.2) is 78.9 Å². The summed E-state index contributed by atoms with van der Waals surface area (Å²) >= 11 is 0. The number of carbonyl (C=O) groups excluding carboxylic acids is 2. The average Bonchev–Trinajstić information content (AvgIpc) is 2.69. The van der Waals surface area contributed by atoms with E-state index in [4.69, 9.17) is 9.47 Å². The van der Waals surface area contributed by atoms with Crippen LogP contribution in [0.4, 0.5) is 0 Å². The molecule has 1 N–H and O–H groups in total. The van der Waals surface area contributed by atoms with Crippen LogP contribution in [-0.2, 0) is 0 Å². The molecule has 6 nitrogen and oxygen atoms in total. The zero-order valence-electron chi connectivity index (χ0n) is 14.0. The van der Waals surface area contributed by atoms with E-state index in [2.05, 4.69) is 0 Å². The van der Waals surface area contributed by atoms with E-state index in [1.807, 2.05) is 0 Å². The third-order valence-corrected chi connectivity index (χ3v) is 3.61. The van der Waals surface area contributed by atoms with Gasteiger partial charge in [0.2, 0.25) is 0 Å². The van der Waals surface area contributed by atoms with Crippen molar-refractivity contribution in [2.45, 2.75) is 0 Å². The summed E-state index contributed by atoms with van der Waals surface area (Å²) in [6.07, 6.45) is 0. The zero-order valence-corrected chi connectivity index (χ0v) is 14.0. The number of ether oxygens (including phenoxy) is 2. The van der Waals surface area contributed by atoms with E-state index in [1.165, 1.54) is 12.1 Å². The molecular formula is C21H14O6. The van der Waals surface area contributed by atoms with Gasteiger partial charge in [0.05, 0.1) is 16.7 Å². The van der Waals surface area contributed by atoms with Crippen molar-refractivity contribution in [2.24, 2.45) is 0 Å². The minimum Gasteiger partial charge on any atom is -0.478 e. The highest BCUT2D eigenvalue weighted by Gasteiger charge is 2.21. The fraction of sp³-hybridized carbons (Fsp3) is 0. The molecule has 0 unspecified atom stereocenters. The Kier molecular flexibility index (Phi) is 5.28. The molecule has 0 aliphatic rings. The van der Waals surface area contributed by atoms with Crippen LogP contribution in [0.3, 0.4) is 0 Å². The van der Waals surface area contributed by atoms with Crippen LogP contribution in [0.2, 0.25) is 0 Å². The van der Waals surface area contributed by atoms with Crippen molar-refractivity contribution < 1.29 is 29.0 Å². The predicted molar refractivity (Wildman–Crippen MR) is 96.2 cm³/mol. The molecule has 0 saturated carbocycles. The van der Waals surface area contributed by atoms with Crippen LogP contribution < -0.4 is 9.47 Å². The quantitative estimate of drug-likeness (QED) is 0.548. The van der Waals surface area contributed by atoms with Gasteiger partial charge in [-0.2, -0.15) is 0 Å². The summed E-state index contributed by atoms with van der Waals surface area (Å²) in [5.74, 6) is -2.31. The Hall–Kier alpha value is -3.93. The molecular weight excluding hydrogens is 348 g/mol. The van der Waals surface area contributed by atoms with Gasteiger partial charge in [-0.05, 0) is 42.5 Å². The van der Waals surface area contributed by atoms with Crippen LogP contribution in [0, 0.1) is 0 Å². The van der Waals surface area contributed by atoms with E-state index in [-0.39, 0.29) is 22.4 Å². The first-order chi connectivity index (χ1) is 13.0. The standard InChI is InChI=1S/C21H14O6/c22-19(23)18-13-14(20(24)26-15-7-3-1-4-8-15)11-12-17(18)21(25)27-16-9-5-2-6-10-16/h1-13H,(H,22,23). The number of rotatable bonds is 5. The van der Waals surface area contributed by atoms with E-state index in [1.54, 1.807) is 60.7 Å². The number of esters is 2. The third kappa shape index (κ3) is 4.38. The summed E-state index contributed by atoms with van der Waals surface area (Å²) < 4.78 is 10.4. The first kappa shape index (κ1) is 17.9. The Bertz CT molecular complexity index is 980. The number of benzene rings is 3. The molecule has 0 fully saturated rings. The van der Waals surface area contributed by atoms with Gasteiger partial charge in [0.15, 0.2) is 0 Å². The maximum atomic E-state index is 12.3. The van der Waals surface area contributed by atoms with Gasteiger partial charge in [0.1, 0.15) is 11.5 Å². The molecule has 0 saturated heterocycles. The largest absolute Gasteiger partial charge is 0.478 e. The number of aromatic carboxylic acids is 1. The van der Waals surface area contributed by atoms with Gasteiger partial charge in [-0.15, -0.1) is 0 Å². The van der Waals surface area contributed by atoms with Crippen LogP contribution in [0.25, 0.3) is 0 Å². The van der Waals surface area contributed by atoms with E-state index < -0.39 is 17.9 Å². The number of hydrogen-bond donors (Lipinski definition) is 1. The maximum Gasteiger partial charge on any atom is 0.344 e. The zero-order chi connectivity index (χ0) is 19.2. The minimum atomic E-state index is -1.36. The van der Waals surface area contributed by atoms with E-state index in [0.717, 1.165) is 6.07 Å². The van der Waals surface area contributed by atoms with Crippen LogP contribution in [0.5, 0.6) is 11.5 Å². The second-order valence-corrected chi connectivity index (χ2v) is 5.47.